The van der Waals surface area contributed by atoms with Crippen LogP contribution in [0.15, 0.2) is 22.0 Å². The molecular formula is C9H6BrNO3S. The highest BCUT2D eigenvalue weighted by Crippen LogP contribution is 2.31. The third kappa shape index (κ3) is 1.82. The van der Waals surface area contributed by atoms with Crippen LogP contribution in [0.4, 0.5) is 0 Å². The van der Waals surface area contributed by atoms with Crippen molar-refractivity contribution in [1.82, 2.24) is 5.16 Å². The number of halogens is 1. The summed E-state index contributed by atoms with van der Waals surface area (Å²) in [6.07, 6.45) is 0. The molecular weight excluding hydrogens is 282 g/mol. The minimum atomic E-state index is -1.07. The van der Waals surface area contributed by atoms with Crippen molar-refractivity contribution in [2.45, 2.75) is 5.33 Å². The van der Waals surface area contributed by atoms with Gasteiger partial charge in [-0.1, -0.05) is 27.2 Å². The van der Waals surface area contributed by atoms with Gasteiger partial charge in [0.15, 0.2) is 11.5 Å². The second-order valence-corrected chi connectivity index (χ2v) is 4.26. The van der Waals surface area contributed by atoms with Gasteiger partial charge in [0, 0.05) is 10.9 Å². The van der Waals surface area contributed by atoms with Gasteiger partial charge in [0.2, 0.25) is 0 Å². The molecule has 0 aromatic carbocycles. The highest BCUT2D eigenvalue weighted by atomic mass is 79.9. The van der Waals surface area contributed by atoms with Crippen molar-refractivity contribution in [3.05, 3.63) is 28.8 Å². The number of hydrogen-bond donors (Lipinski definition) is 1. The van der Waals surface area contributed by atoms with Crippen LogP contribution in [0.3, 0.4) is 0 Å². The van der Waals surface area contributed by atoms with Crippen LogP contribution in [0.25, 0.3) is 10.6 Å². The first kappa shape index (κ1) is 10.4. The lowest BCUT2D eigenvalue weighted by Gasteiger charge is -1.94. The maximum atomic E-state index is 10.8. The number of carboxylic acid groups (broad SMARTS) is 1. The first-order chi connectivity index (χ1) is 7.24. The summed E-state index contributed by atoms with van der Waals surface area (Å²) in [5.74, 6) is -0.546. The number of thiophene rings is 1. The average Bonchev–Trinajstić information content (AvgIpc) is 2.85. The lowest BCUT2D eigenvalue weighted by Crippen LogP contribution is -1.99. The zero-order valence-electron chi connectivity index (χ0n) is 7.44. The Labute approximate surface area is 97.6 Å². The number of aromatic nitrogens is 1. The monoisotopic (exact) mass is 287 g/mol. The Bertz CT molecular complexity index is 478. The second-order valence-electron chi connectivity index (χ2n) is 2.75. The van der Waals surface area contributed by atoms with Crippen molar-refractivity contribution in [3.8, 4) is 10.6 Å². The van der Waals surface area contributed by atoms with E-state index in [9.17, 15) is 4.79 Å². The highest BCUT2D eigenvalue weighted by molar-refractivity contribution is 9.08. The summed E-state index contributed by atoms with van der Waals surface area (Å²) in [6.45, 7) is 0. The molecule has 0 unspecified atom stereocenters. The third-order valence-corrected chi connectivity index (χ3v) is 3.30. The van der Waals surface area contributed by atoms with Gasteiger partial charge >= 0.3 is 5.97 Å². The van der Waals surface area contributed by atoms with Gasteiger partial charge in [-0.15, -0.1) is 11.3 Å². The van der Waals surface area contributed by atoms with E-state index in [0.717, 1.165) is 4.88 Å². The van der Waals surface area contributed by atoms with Crippen LogP contribution >= 0.6 is 27.3 Å². The predicted molar refractivity (Wildman–Crippen MR) is 59.4 cm³/mol. The SMILES string of the molecule is O=C(O)c1noc(-c2cccs2)c1CBr. The smallest absolute Gasteiger partial charge is 0.358 e. The van der Waals surface area contributed by atoms with E-state index in [0.29, 0.717) is 16.7 Å². The molecule has 0 spiro atoms. The summed E-state index contributed by atoms with van der Waals surface area (Å²) in [6, 6.07) is 3.74. The fourth-order valence-corrected chi connectivity index (χ4v) is 2.45. The minimum absolute atomic E-state index is 0.0322. The molecule has 2 aromatic heterocycles. The van der Waals surface area contributed by atoms with Gasteiger partial charge in [-0.2, -0.15) is 0 Å². The van der Waals surface area contributed by atoms with E-state index in [4.69, 9.17) is 9.63 Å². The molecule has 2 aromatic rings. The molecule has 0 radical (unpaired) electrons. The molecule has 0 saturated carbocycles. The Morgan fingerprint density at radius 1 is 1.67 bits per heavy atom. The van der Waals surface area contributed by atoms with Crippen molar-refractivity contribution in [1.29, 1.82) is 0 Å². The fourth-order valence-electron chi connectivity index (χ4n) is 1.20. The van der Waals surface area contributed by atoms with E-state index in [-0.39, 0.29) is 5.69 Å². The molecule has 0 aliphatic carbocycles. The van der Waals surface area contributed by atoms with Crippen LogP contribution in [0.1, 0.15) is 16.1 Å². The Hall–Kier alpha value is -1.14. The van der Waals surface area contributed by atoms with Crippen LogP contribution in [0, 0.1) is 0 Å². The molecule has 15 heavy (non-hydrogen) atoms. The molecule has 2 rings (SSSR count). The molecule has 0 fully saturated rings. The van der Waals surface area contributed by atoms with Gasteiger partial charge in [0.1, 0.15) is 0 Å². The Morgan fingerprint density at radius 3 is 3.00 bits per heavy atom. The maximum Gasteiger partial charge on any atom is 0.358 e. The standard InChI is InChI=1S/C9H6BrNO3S/c10-4-5-7(9(12)13)11-14-8(5)6-2-1-3-15-6/h1-3H,4H2,(H,12,13). The van der Waals surface area contributed by atoms with Crippen molar-refractivity contribution >= 4 is 33.2 Å². The summed E-state index contributed by atoms with van der Waals surface area (Å²) in [7, 11) is 0. The topological polar surface area (TPSA) is 63.3 Å². The van der Waals surface area contributed by atoms with Gasteiger partial charge in [-0.3, -0.25) is 0 Å². The molecule has 6 heteroatoms. The normalized spacial score (nSPS) is 10.5. The minimum Gasteiger partial charge on any atom is -0.476 e. The first-order valence-corrected chi connectivity index (χ1v) is 6.06. The number of rotatable bonds is 3. The molecule has 4 nitrogen and oxygen atoms in total. The van der Waals surface area contributed by atoms with Crippen LogP contribution in [0.5, 0.6) is 0 Å². The molecule has 2 heterocycles. The van der Waals surface area contributed by atoms with Crippen LogP contribution in [-0.2, 0) is 5.33 Å². The third-order valence-electron chi connectivity index (χ3n) is 1.87. The molecule has 0 amide bonds. The van der Waals surface area contributed by atoms with Gasteiger partial charge in [-0.05, 0) is 11.4 Å². The van der Waals surface area contributed by atoms with E-state index in [1.54, 1.807) is 0 Å². The van der Waals surface area contributed by atoms with Crippen LogP contribution in [-0.4, -0.2) is 16.2 Å². The number of carboxylic acids is 1. The van der Waals surface area contributed by atoms with Gasteiger partial charge in [0.25, 0.3) is 0 Å². The Morgan fingerprint density at radius 2 is 2.47 bits per heavy atom. The number of aromatic carboxylic acids is 1. The molecule has 0 saturated heterocycles. The molecule has 0 aliphatic heterocycles. The summed E-state index contributed by atoms with van der Waals surface area (Å²) in [4.78, 5) is 11.7. The summed E-state index contributed by atoms with van der Waals surface area (Å²) in [5.41, 5.74) is 0.542. The lowest BCUT2D eigenvalue weighted by molar-refractivity contribution is 0.0685. The van der Waals surface area contributed by atoms with Gasteiger partial charge < -0.3 is 9.63 Å². The Kier molecular flexibility index (Phi) is 2.88. The molecule has 78 valence electrons. The highest BCUT2D eigenvalue weighted by Gasteiger charge is 2.21. The van der Waals surface area contributed by atoms with E-state index in [1.165, 1.54) is 11.3 Å². The number of carbonyl (C=O) groups is 1. The average molecular weight is 288 g/mol. The number of hydrogen-bond acceptors (Lipinski definition) is 4. The zero-order chi connectivity index (χ0) is 10.8. The van der Waals surface area contributed by atoms with Crippen LogP contribution < -0.4 is 0 Å². The molecule has 0 bridgehead atoms. The van der Waals surface area contributed by atoms with Crippen molar-refractivity contribution in [2.75, 3.05) is 0 Å². The number of nitrogens with zero attached hydrogens (tertiary/aromatic N) is 1. The van der Waals surface area contributed by atoms with Crippen molar-refractivity contribution in [3.63, 3.8) is 0 Å². The second kappa shape index (κ2) is 4.16. The van der Waals surface area contributed by atoms with E-state index in [2.05, 4.69) is 21.1 Å². The largest absolute Gasteiger partial charge is 0.476 e. The van der Waals surface area contributed by atoms with E-state index >= 15 is 0 Å². The molecule has 0 atom stereocenters. The Balaban J connectivity index is 2.54. The number of alkyl halides is 1. The maximum absolute atomic E-state index is 10.8. The summed E-state index contributed by atoms with van der Waals surface area (Å²) < 4.78 is 5.04. The van der Waals surface area contributed by atoms with E-state index in [1.807, 2.05) is 17.5 Å². The van der Waals surface area contributed by atoms with Crippen molar-refractivity contribution < 1.29 is 14.4 Å². The van der Waals surface area contributed by atoms with E-state index < -0.39 is 5.97 Å². The van der Waals surface area contributed by atoms with Crippen molar-refractivity contribution in [2.24, 2.45) is 0 Å². The lowest BCUT2D eigenvalue weighted by atomic mass is 10.2. The van der Waals surface area contributed by atoms with Crippen LogP contribution in [0.2, 0.25) is 0 Å². The van der Waals surface area contributed by atoms with Gasteiger partial charge in [0.05, 0.1) is 4.88 Å². The predicted octanol–water partition coefficient (Wildman–Crippen LogP) is 3.00. The van der Waals surface area contributed by atoms with Gasteiger partial charge in [-0.25, -0.2) is 4.79 Å². The first-order valence-electron chi connectivity index (χ1n) is 4.05. The zero-order valence-corrected chi connectivity index (χ0v) is 9.84. The quantitative estimate of drug-likeness (QED) is 0.882. The molecule has 1 N–H and O–H groups in total. The summed E-state index contributed by atoms with van der Waals surface area (Å²) >= 11 is 4.72. The fraction of sp³-hybridized carbons (Fsp3) is 0.111. The summed E-state index contributed by atoms with van der Waals surface area (Å²) in [5, 5.41) is 14.7. The molecule has 0 aliphatic rings.